The summed E-state index contributed by atoms with van der Waals surface area (Å²) in [7, 11) is 0. The molecule has 0 bridgehead atoms. The van der Waals surface area contributed by atoms with Crippen LogP contribution in [0.1, 0.15) is 38.5 Å². The van der Waals surface area contributed by atoms with E-state index in [1.165, 1.54) is 38.5 Å². The molecule has 0 nitrogen and oxygen atoms in total. The van der Waals surface area contributed by atoms with Crippen LogP contribution in [0.3, 0.4) is 0 Å². The molecular formula is C9H15Cl. The van der Waals surface area contributed by atoms with E-state index in [0.29, 0.717) is 5.38 Å². The Bertz CT molecular complexity index is 99.9. The van der Waals surface area contributed by atoms with E-state index in [-0.39, 0.29) is 0 Å². The first kappa shape index (κ1) is 6.97. The second-order valence-electron chi connectivity index (χ2n) is 3.83. The van der Waals surface area contributed by atoms with Gasteiger partial charge in [0.2, 0.25) is 0 Å². The van der Waals surface area contributed by atoms with Gasteiger partial charge in [0.05, 0.1) is 0 Å². The Hall–Kier alpha value is 0.290. The molecule has 0 atom stereocenters. The van der Waals surface area contributed by atoms with Gasteiger partial charge in [0.15, 0.2) is 0 Å². The SMILES string of the molecule is ClC(C1CCC1)C1CCC1. The van der Waals surface area contributed by atoms with Crippen molar-refractivity contribution < 1.29 is 0 Å². The van der Waals surface area contributed by atoms with Crippen molar-refractivity contribution in [3.8, 4) is 0 Å². The molecule has 0 aromatic rings. The zero-order valence-corrected chi connectivity index (χ0v) is 7.11. The summed E-state index contributed by atoms with van der Waals surface area (Å²) in [4.78, 5) is 0. The molecule has 0 spiro atoms. The quantitative estimate of drug-likeness (QED) is 0.542. The highest BCUT2D eigenvalue weighted by Gasteiger charge is 2.34. The second-order valence-corrected chi connectivity index (χ2v) is 4.33. The molecular weight excluding hydrogens is 144 g/mol. The first-order valence-corrected chi connectivity index (χ1v) is 4.95. The Labute approximate surface area is 68.0 Å². The predicted molar refractivity (Wildman–Crippen MR) is 44.3 cm³/mol. The van der Waals surface area contributed by atoms with Gasteiger partial charge < -0.3 is 0 Å². The topological polar surface area (TPSA) is 0 Å². The van der Waals surface area contributed by atoms with Crippen LogP contribution in [0, 0.1) is 11.8 Å². The number of rotatable bonds is 2. The van der Waals surface area contributed by atoms with Crippen LogP contribution in [0.5, 0.6) is 0 Å². The fourth-order valence-electron chi connectivity index (χ4n) is 1.90. The van der Waals surface area contributed by atoms with Gasteiger partial charge in [-0.1, -0.05) is 12.8 Å². The van der Waals surface area contributed by atoms with E-state index in [0.717, 1.165) is 11.8 Å². The van der Waals surface area contributed by atoms with Crippen LogP contribution < -0.4 is 0 Å². The molecule has 2 aliphatic rings. The monoisotopic (exact) mass is 158 g/mol. The first-order valence-electron chi connectivity index (χ1n) is 4.52. The number of alkyl halides is 1. The lowest BCUT2D eigenvalue weighted by Gasteiger charge is -2.38. The summed E-state index contributed by atoms with van der Waals surface area (Å²) in [5, 5.41) is 0.544. The number of halogens is 1. The Morgan fingerprint density at radius 1 is 0.900 bits per heavy atom. The molecule has 0 N–H and O–H groups in total. The van der Waals surface area contributed by atoms with Gasteiger partial charge in [0.25, 0.3) is 0 Å². The average Bonchev–Trinajstić information content (AvgIpc) is 1.52. The summed E-state index contributed by atoms with van der Waals surface area (Å²) in [6, 6.07) is 0. The molecule has 2 fully saturated rings. The Balaban J connectivity index is 1.79. The van der Waals surface area contributed by atoms with Gasteiger partial charge in [0.1, 0.15) is 0 Å². The van der Waals surface area contributed by atoms with Gasteiger partial charge in [0, 0.05) is 5.38 Å². The lowest BCUT2D eigenvalue weighted by Crippen LogP contribution is -2.32. The summed E-state index contributed by atoms with van der Waals surface area (Å²) >= 11 is 6.28. The first-order chi connectivity index (χ1) is 4.88. The molecule has 2 saturated carbocycles. The van der Waals surface area contributed by atoms with E-state index in [1.807, 2.05) is 0 Å². The maximum absolute atomic E-state index is 6.28. The normalized spacial score (nSPS) is 28.2. The summed E-state index contributed by atoms with van der Waals surface area (Å²) in [6.07, 6.45) is 8.49. The molecule has 0 aliphatic heterocycles. The van der Waals surface area contributed by atoms with Crippen molar-refractivity contribution in [1.82, 2.24) is 0 Å². The average molecular weight is 159 g/mol. The number of hydrogen-bond donors (Lipinski definition) is 0. The number of hydrogen-bond acceptors (Lipinski definition) is 0. The van der Waals surface area contributed by atoms with Crippen LogP contribution in [0.25, 0.3) is 0 Å². The molecule has 0 aromatic heterocycles. The van der Waals surface area contributed by atoms with Gasteiger partial charge in [-0.3, -0.25) is 0 Å². The van der Waals surface area contributed by atoms with Gasteiger partial charge in [-0.05, 0) is 37.5 Å². The molecule has 0 radical (unpaired) electrons. The third-order valence-electron chi connectivity index (χ3n) is 3.20. The second kappa shape index (κ2) is 2.73. The summed E-state index contributed by atoms with van der Waals surface area (Å²) < 4.78 is 0. The van der Waals surface area contributed by atoms with Crippen molar-refractivity contribution in [2.75, 3.05) is 0 Å². The van der Waals surface area contributed by atoms with Crippen LogP contribution in [-0.2, 0) is 0 Å². The molecule has 0 aromatic carbocycles. The van der Waals surface area contributed by atoms with Crippen molar-refractivity contribution in [3.63, 3.8) is 0 Å². The highest BCUT2D eigenvalue weighted by Crippen LogP contribution is 2.42. The van der Waals surface area contributed by atoms with Gasteiger partial charge in [-0.2, -0.15) is 0 Å². The van der Waals surface area contributed by atoms with Crippen molar-refractivity contribution in [1.29, 1.82) is 0 Å². The molecule has 1 heteroatoms. The third kappa shape index (κ3) is 1.07. The van der Waals surface area contributed by atoms with E-state index in [2.05, 4.69) is 0 Å². The Morgan fingerprint density at radius 3 is 1.50 bits per heavy atom. The van der Waals surface area contributed by atoms with Crippen LogP contribution in [0.15, 0.2) is 0 Å². The van der Waals surface area contributed by atoms with E-state index in [1.54, 1.807) is 0 Å². The van der Waals surface area contributed by atoms with Crippen LogP contribution in [0.2, 0.25) is 0 Å². The standard InChI is InChI=1S/C9H15Cl/c10-9(7-3-1-4-7)8-5-2-6-8/h7-9H,1-6H2. The Morgan fingerprint density at radius 2 is 1.30 bits per heavy atom. The minimum Gasteiger partial charge on any atom is -0.122 e. The van der Waals surface area contributed by atoms with Crippen molar-refractivity contribution >= 4 is 11.6 Å². The lowest BCUT2D eigenvalue weighted by atomic mass is 9.72. The third-order valence-corrected chi connectivity index (χ3v) is 3.91. The molecule has 0 unspecified atom stereocenters. The summed E-state index contributed by atoms with van der Waals surface area (Å²) in [5.74, 6) is 1.79. The highest BCUT2D eigenvalue weighted by atomic mass is 35.5. The summed E-state index contributed by atoms with van der Waals surface area (Å²) in [5.41, 5.74) is 0. The van der Waals surface area contributed by atoms with Crippen molar-refractivity contribution in [2.24, 2.45) is 11.8 Å². The fraction of sp³-hybridized carbons (Fsp3) is 1.00. The Kier molecular flexibility index (Phi) is 1.90. The van der Waals surface area contributed by atoms with Crippen molar-refractivity contribution in [2.45, 2.75) is 43.9 Å². The maximum Gasteiger partial charge on any atom is 0.0392 e. The molecule has 0 heterocycles. The van der Waals surface area contributed by atoms with Crippen LogP contribution in [-0.4, -0.2) is 5.38 Å². The van der Waals surface area contributed by atoms with E-state index in [9.17, 15) is 0 Å². The highest BCUT2D eigenvalue weighted by molar-refractivity contribution is 6.21. The molecule has 0 amide bonds. The zero-order chi connectivity index (χ0) is 6.97. The van der Waals surface area contributed by atoms with Gasteiger partial charge in [-0.25, -0.2) is 0 Å². The maximum atomic E-state index is 6.28. The van der Waals surface area contributed by atoms with E-state index in [4.69, 9.17) is 11.6 Å². The molecule has 10 heavy (non-hydrogen) atoms. The molecule has 2 aliphatic carbocycles. The largest absolute Gasteiger partial charge is 0.122 e. The minimum atomic E-state index is 0.544. The molecule has 2 rings (SSSR count). The molecule has 58 valence electrons. The van der Waals surface area contributed by atoms with Gasteiger partial charge in [-0.15, -0.1) is 11.6 Å². The summed E-state index contributed by atoms with van der Waals surface area (Å²) in [6.45, 7) is 0. The molecule has 0 saturated heterocycles. The smallest absolute Gasteiger partial charge is 0.0392 e. The minimum absolute atomic E-state index is 0.544. The fourth-order valence-corrected chi connectivity index (χ4v) is 2.41. The van der Waals surface area contributed by atoms with Crippen LogP contribution in [0.4, 0.5) is 0 Å². The van der Waals surface area contributed by atoms with Crippen LogP contribution >= 0.6 is 11.6 Å². The van der Waals surface area contributed by atoms with E-state index >= 15 is 0 Å². The zero-order valence-electron chi connectivity index (χ0n) is 6.35. The predicted octanol–water partition coefficient (Wildman–Crippen LogP) is 3.19. The van der Waals surface area contributed by atoms with Crippen molar-refractivity contribution in [3.05, 3.63) is 0 Å². The van der Waals surface area contributed by atoms with E-state index < -0.39 is 0 Å². The van der Waals surface area contributed by atoms with Gasteiger partial charge >= 0.3 is 0 Å². The lowest BCUT2D eigenvalue weighted by molar-refractivity contribution is 0.197.